The summed E-state index contributed by atoms with van der Waals surface area (Å²) in [6.07, 6.45) is 0.496. The smallest absolute Gasteiger partial charge is 0.325 e. The van der Waals surface area contributed by atoms with Crippen LogP contribution in [0.1, 0.15) is 85.3 Å². The maximum atomic E-state index is 11.7. The Kier molecular flexibility index (Phi) is 17.9. The van der Waals surface area contributed by atoms with Gasteiger partial charge in [0.25, 0.3) is 0 Å². The van der Waals surface area contributed by atoms with Crippen LogP contribution in [0, 0.1) is 0 Å². The summed E-state index contributed by atoms with van der Waals surface area (Å²) in [6, 6.07) is 14.4. The van der Waals surface area contributed by atoms with Crippen molar-refractivity contribution >= 4 is 42.1 Å². The lowest BCUT2D eigenvalue weighted by Gasteiger charge is -2.39. The summed E-state index contributed by atoms with van der Waals surface area (Å²) in [4.78, 5) is 75.1. The van der Waals surface area contributed by atoms with Gasteiger partial charge in [-0.3, -0.25) is 10.1 Å². The molecule has 26 nitrogen and oxygen atoms in total. The van der Waals surface area contributed by atoms with E-state index in [1.54, 1.807) is 81.4 Å². The van der Waals surface area contributed by atoms with Gasteiger partial charge in [0.15, 0.2) is 5.72 Å². The lowest BCUT2D eigenvalue weighted by Crippen LogP contribution is -2.65. The van der Waals surface area contributed by atoms with Crippen molar-refractivity contribution in [1.82, 2.24) is 63.8 Å². The third kappa shape index (κ3) is 16.6. The summed E-state index contributed by atoms with van der Waals surface area (Å²) in [5.74, 6) is -0.302. The number of rotatable bonds is 2. The van der Waals surface area contributed by atoms with Gasteiger partial charge in [-0.1, -0.05) is 73.8 Å². The minimum atomic E-state index is -1.94. The van der Waals surface area contributed by atoms with Crippen molar-refractivity contribution in [2.75, 3.05) is 0 Å². The van der Waals surface area contributed by atoms with E-state index in [0.717, 1.165) is 0 Å². The van der Waals surface area contributed by atoms with E-state index in [4.69, 9.17) is 5.11 Å². The standard InChI is InChI=1S/C15H14N2O3.C6H12N2O3.C6H12N2O2.C6H10N2O2.C5H10N2O2.C5H6N2O2/c18-13-16-14(19,11-7-3-1-4-8-11)15(20,17-13)12-9-5-2-6-10-12;1-5(10)3-6(2,11)8-4(9)7-5;1-5(2)6(3,10)8-4(9)7-5;1-4-3-6(2,10)8-5(9)7-4;2*1-3-2-4(8)7-5(9)6-3/h1-10,19-20H,(H2,16,17,18);10-11H,3H2,1-2H3,(H2,7,8,9);10H,1-3H3,(H2,7,8,9);10H,1,3H2,2H3,(H2,7,8,9);3-4,8H,2H2,1H3,(H2,6,7,9);1-2H2,(H2,6,7,8,9). The molecule has 0 aliphatic carbocycles. The number of hydrogen-bond acceptors (Lipinski definition) is 14. The second-order valence-corrected chi connectivity index (χ2v) is 18.0. The van der Waals surface area contributed by atoms with E-state index in [2.05, 4.69) is 77.0 Å². The fraction of sp³-hybridized carbons (Fsp3) is 0.465. The van der Waals surface area contributed by atoms with E-state index in [1.807, 2.05) is 6.92 Å². The highest BCUT2D eigenvalue weighted by atomic mass is 16.4. The summed E-state index contributed by atoms with van der Waals surface area (Å²) in [5, 5.41) is 96.4. The molecule has 19 N–H and O–H groups in total. The monoisotopic (exact) mass is 972 g/mol. The first-order chi connectivity index (χ1) is 31.6. The number of nitrogens with one attached hydrogen (secondary N) is 12. The normalized spacial score (nSPS) is 32.6. The van der Waals surface area contributed by atoms with Gasteiger partial charge in [0, 0.05) is 47.8 Å². The lowest BCUT2D eigenvalue weighted by atomic mass is 9.87. The van der Waals surface area contributed by atoms with Gasteiger partial charge >= 0.3 is 36.2 Å². The molecule has 8 unspecified atom stereocenters. The molecule has 2 aromatic carbocycles. The molecule has 0 aromatic heterocycles. The van der Waals surface area contributed by atoms with Gasteiger partial charge in [-0.05, 0) is 48.5 Å². The molecule has 8 rings (SSSR count). The van der Waals surface area contributed by atoms with Crippen molar-refractivity contribution in [2.45, 2.75) is 126 Å². The highest BCUT2D eigenvalue weighted by molar-refractivity contribution is 5.99. The summed E-state index contributed by atoms with van der Waals surface area (Å²) < 4.78 is 0. The van der Waals surface area contributed by atoms with Gasteiger partial charge in [0.2, 0.25) is 17.4 Å². The van der Waals surface area contributed by atoms with Crippen LogP contribution in [-0.2, 0) is 16.2 Å². The molecule has 6 fully saturated rings. The molecule has 0 spiro atoms. The SMILES string of the molecule is C=C1CC(=O)NC(=O)N1.C=C1CC(C)(O)NC(=O)N1.CC1(C)NC(=O)NC1(C)O.CC1(O)CC(C)(O)NC(=O)N1.CC1CC(O)NC(=O)N1.O=C1NC(O)(c2ccccc2)C(O)(c2ccccc2)N1. The Bertz CT molecular complexity index is 2080. The molecular formula is C43H64N12O14. The average molecular weight is 973 g/mol. The zero-order valence-corrected chi connectivity index (χ0v) is 39.2. The first kappa shape index (κ1) is 56.3. The molecule has 0 saturated carbocycles. The van der Waals surface area contributed by atoms with Crippen molar-refractivity contribution in [3.63, 3.8) is 0 Å². The van der Waals surface area contributed by atoms with Crippen LogP contribution in [0.3, 0.4) is 0 Å². The summed E-state index contributed by atoms with van der Waals surface area (Å²) in [7, 11) is 0. The van der Waals surface area contributed by atoms with Crippen molar-refractivity contribution in [1.29, 1.82) is 0 Å². The van der Waals surface area contributed by atoms with Crippen LogP contribution in [0.25, 0.3) is 0 Å². The van der Waals surface area contributed by atoms with Crippen LogP contribution in [-0.4, -0.2) is 119 Å². The summed E-state index contributed by atoms with van der Waals surface area (Å²) in [6.45, 7) is 18.3. The highest BCUT2D eigenvalue weighted by Crippen LogP contribution is 2.39. The van der Waals surface area contributed by atoms with Crippen molar-refractivity contribution in [3.05, 3.63) is 96.3 Å². The molecule has 0 radical (unpaired) electrons. The van der Waals surface area contributed by atoms with Crippen LogP contribution >= 0.6 is 0 Å². The number of aliphatic hydroxyl groups is 7. The molecule has 2 aromatic rings. The van der Waals surface area contributed by atoms with Crippen molar-refractivity contribution < 1.29 is 69.3 Å². The Labute approximate surface area is 397 Å². The lowest BCUT2D eigenvalue weighted by molar-refractivity contribution is -0.166. The van der Waals surface area contributed by atoms with Crippen LogP contribution < -0.4 is 63.8 Å². The summed E-state index contributed by atoms with van der Waals surface area (Å²) in [5.41, 5.74) is -7.64. The fourth-order valence-electron chi connectivity index (χ4n) is 6.97. The minimum Gasteiger partial charge on any atom is -0.374 e. The molecule has 6 aliphatic rings. The quantitative estimate of drug-likeness (QED) is 0.170. The molecule has 26 heteroatoms. The van der Waals surface area contributed by atoms with Gasteiger partial charge in [-0.25, -0.2) is 28.8 Å². The topological polar surface area (TPSA) is 405 Å². The number of hydrogen-bond donors (Lipinski definition) is 19. The second-order valence-electron chi connectivity index (χ2n) is 18.0. The molecule has 8 atom stereocenters. The van der Waals surface area contributed by atoms with E-state index in [-0.39, 0.29) is 36.9 Å². The van der Waals surface area contributed by atoms with Gasteiger partial charge in [-0.2, -0.15) is 0 Å². The first-order valence-corrected chi connectivity index (χ1v) is 21.1. The van der Waals surface area contributed by atoms with Crippen LogP contribution in [0.15, 0.2) is 85.2 Å². The number of carbonyl (C=O) groups excluding carboxylic acids is 7. The molecule has 13 amide bonds. The molecule has 0 bridgehead atoms. The van der Waals surface area contributed by atoms with Gasteiger partial charge in [-0.15, -0.1) is 0 Å². The second kappa shape index (κ2) is 21.9. The van der Waals surface area contributed by atoms with Crippen LogP contribution in [0.2, 0.25) is 0 Å². The van der Waals surface area contributed by atoms with E-state index in [1.165, 1.54) is 20.8 Å². The molecule has 6 heterocycles. The Hall–Kier alpha value is -7.07. The Morgan fingerprint density at radius 3 is 1.28 bits per heavy atom. The largest absolute Gasteiger partial charge is 0.374 e. The van der Waals surface area contributed by atoms with Gasteiger partial charge in [0.05, 0.1) is 12.0 Å². The van der Waals surface area contributed by atoms with Crippen LogP contribution in [0.5, 0.6) is 0 Å². The summed E-state index contributed by atoms with van der Waals surface area (Å²) >= 11 is 0. The Balaban J connectivity index is 0.000000227. The third-order valence-electron chi connectivity index (χ3n) is 10.3. The Morgan fingerprint density at radius 2 is 0.942 bits per heavy atom. The Morgan fingerprint density at radius 1 is 0.507 bits per heavy atom. The number of urea groups is 6. The fourth-order valence-corrected chi connectivity index (χ4v) is 6.97. The van der Waals surface area contributed by atoms with E-state index in [0.29, 0.717) is 35.4 Å². The predicted octanol–water partition coefficient (Wildman–Crippen LogP) is -1.08. The van der Waals surface area contributed by atoms with E-state index >= 15 is 0 Å². The number of amides is 13. The number of benzene rings is 2. The molecule has 69 heavy (non-hydrogen) atoms. The predicted molar refractivity (Wildman–Crippen MR) is 244 cm³/mol. The molecule has 380 valence electrons. The zero-order chi connectivity index (χ0) is 52.4. The molecular weight excluding hydrogens is 909 g/mol. The number of carbonyl (C=O) groups is 7. The van der Waals surface area contributed by atoms with Crippen molar-refractivity contribution in [2.24, 2.45) is 0 Å². The highest BCUT2D eigenvalue weighted by Gasteiger charge is 2.59. The number of aliphatic hydroxyl groups excluding tert-OH is 1. The minimum absolute atomic E-state index is 0.0612. The van der Waals surface area contributed by atoms with Gasteiger partial charge < -0.3 is 94.2 Å². The van der Waals surface area contributed by atoms with E-state index in [9.17, 15) is 64.2 Å². The number of imide groups is 1. The van der Waals surface area contributed by atoms with E-state index < -0.39 is 70.2 Å². The third-order valence-corrected chi connectivity index (χ3v) is 10.3. The average Bonchev–Trinajstić information content (AvgIpc) is 3.52. The first-order valence-electron chi connectivity index (χ1n) is 21.1. The maximum absolute atomic E-state index is 11.7. The molecule has 6 saturated heterocycles. The van der Waals surface area contributed by atoms with Crippen LogP contribution in [0.4, 0.5) is 28.8 Å². The molecule has 6 aliphatic heterocycles. The van der Waals surface area contributed by atoms with Crippen molar-refractivity contribution in [3.8, 4) is 0 Å². The zero-order valence-electron chi connectivity index (χ0n) is 39.2. The van der Waals surface area contributed by atoms with Gasteiger partial charge in [0.1, 0.15) is 23.4 Å². The maximum Gasteiger partial charge on any atom is 0.325 e.